The molecule has 2 N–H and O–H groups in total. The number of nitrogens with zero attached hydrogens (tertiary/aromatic N) is 1. The zero-order valence-electron chi connectivity index (χ0n) is 10.7. The fourth-order valence-corrected chi connectivity index (χ4v) is 1.89. The predicted octanol–water partition coefficient (Wildman–Crippen LogP) is 1.57. The molecule has 0 aromatic heterocycles. The average Bonchev–Trinajstić information content (AvgIpc) is 3.08. The monoisotopic (exact) mass is 270 g/mol. The van der Waals surface area contributed by atoms with Crippen LogP contribution in [0.25, 0.3) is 0 Å². The summed E-state index contributed by atoms with van der Waals surface area (Å²) in [5, 5.41) is 0. The van der Waals surface area contributed by atoms with E-state index >= 15 is 0 Å². The van der Waals surface area contributed by atoms with E-state index in [2.05, 4.69) is 0 Å². The van der Waals surface area contributed by atoms with Crippen molar-refractivity contribution in [2.75, 3.05) is 14.2 Å². The van der Waals surface area contributed by atoms with Crippen LogP contribution in [0.15, 0.2) is 24.3 Å². The SMILES string of the molecule is COc1ccccc1CN(C)C(=O)C1(N)CC1.Cl. The molecule has 0 atom stereocenters. The Balaban J connectivity index is 0.00000162. The van der Waals surface area contributed by atoms with E-state index in [1.165, 1.54) is 0 Å². The Morgan fingerprint density at radius 2 is 2.06 bits per heavy atom. The maximum absolute atomic E-state index is 12.0. The first-order chi connectivity index (χ1) is 8.07. The van der Waals surface area contributed by atoms with Gasteiger partial charge >= 0.3 is 0 Å². The lowest BCUT2D eigenvalue weighted by molar-refractivity contribution is -0.132. The summed E-state index contributed by atoms with van der Waals surface area (Å²) in [6.07, 6.45) is 1.59. The van der Waals surface area contributed by atoms with Crippen LogP contribution in [0.4, 0.5) is 0 Å². The maximum atomic E-state index is 12.0. The molecule has 0 radical (unpaired) electrons. The van der Waals surface area contributed by atoms with E-state index in [4.69, 9.17) is 10.5 Å². The number of para-hydroxylation sites is 1. The van der Waals surface area contributed by atoms with Gasteiger partial charge in [-0.15, -0.1) is 12.4 Å². The number of carbonyl (C=O) groups is 1. The lowest BCUT2D eigenvalue weighted by Gasteiger charge is -2.21. The summed E-state index contributed by atoms with van der Waals surface area (Å²) < 4.78 is 5.26. The molecular weight excluding hydrogens is 252 g/mol. The number of likely N-dealkylation sites (N-methyl/N-ethyl adjacent to an activating group) is 1. The summed E-state index contributed by atoms with van der Waals surface area (Å²) in [6.45, 7) is 0.530. The van der Waals surface area contributed by atoms with E-state index < -0.39 is 5.54 Å². The van der Waals surface area contributed by atoms with E-state index in [0.29, 0.717) is 6.54 Å². The minimum atomic E-state index is -0.600. The maximum Gasteiger partial charge on any atom is 0.242 e. The number of carbonyl (C=O) groups excluding carboxylic acids is 1. The van der Waals surface area contributed by atoms with Crippen molar-refractivity contribution in [1.29, 1.82) is 0 Å². The Labute approximate surface area is 114 Å². The normalized spacial score (nSPS) is 15.5. The standard InChI is InChI=1S/C13H18N2O2.ClH/c1-15(12(16)13(14)7-8-13)9-10-5-3-4-6-11(10)17-2;/h3-6H,7-9,14H2,1-2H3;1H. The third-order valence-electron chi connectivity index (χ3n) is 3.16. The molecule has 5 heteroatoms. The first kappa shape index (κ1) is 14.8. The zero-order chi connectivity index (χ0) is 12.5. The molecule has 2 rings (SSSR count). The Morgan fingerprint density at radius 3 is 2.61 bits per heavy atom. The first-order valence-corrected chi connectivity index (χ1v) is 5.73. The second kappa shape index (κ2) is 5.59. The fraction of sp³-hybridized carbons (Fsp3) is 0.462. The van der Waals surface area contributed by atoms with E-state index in [9.17, 15) is 4.79 Å². The summed E-state index contributed by atoms with van der Waals surface area (Å²) in [6, 6.07) is 7.70. The van der Waals surface area contributed by atoms with Crippen LogP contribution in [0.5, 0.6) is 5.75 Å². The summed E-state index contributed by atoms with van der Waals surface area (Å²) >= 11 is 0. The summed E-state index contributed by atoms with van der Waals surface area (Å²) in [7, 11) is 3.41. The summed E-state index contributed by atoms with van der Waals surface area (Å²) in [5.41, 5.74) is 6.29. The van der Waals surface area contributed by atoms with Gasteiger partial charge in [0, 0.05) is 19.2 Å². The Hall–Kier alpha value is -1.26. The molecule has 0 saturated heterocycles. The molecule has 0 unspecified atom stereocenters. The van der Waals surface area contributed by atoms with Crippen LogP contribution < -0.4 is 10.5 Å². The van der Waals surface area contributed by atoms with Gasteiger partial charge in [-0.05, 0) is 18.9 Å². The molecular formula is C13H19ClN2O2. The molecule has 1 aliphatic carbocycles. The van der Waals surface area contributed by atoms with Crippen molar-refractivity contribution >= 4 is 18.3 Å². The van der Waals surface area contributed by atoms with Crippen LogP contribution in [-0.4, -0.2) is 30.5 Å². The molecule has 18 heavy (non-hydrogen) atoms. The second-order valence-electron chi connectivity index (χ2n) is 4.63. The molecule has 1 aromatic carbocycles. The number of rotatable bonds is 4. The number of nitrogens with two attached hydrogens (primary N) is 1. The van der Waals surface area contributed by atoms with Crippen molar-refractivity contribution in [2.45, 2.75) is 24.9 Å². The Bertz CT molecular complexity index is 433. The van der Waals surface area contributed by atoms with Gasteiger partial charge in [-0.25, -0.2) is 0 Å². The van der Waals surface area contributed by atoms with Crippen molar-refractivity contribution < 1.29 is 9.53 Å². The lowest BCUT2D eigenvalue weighted by atomic mass is 10.1. The molecule has 1 amide bonds. The van der Waals surface area contributed by atoms with Gasteiger partial charge in [-0.3, -0.25) is 4.79 Å². The molecule has 1 fully saturated rings. The molecule has 1 saturated carbocycles. The topological polar surface area (TPSA) is 55.6 Å². The van der Waals surface area contributed by atoms with Crippen LogP contribution in [-0.2, 0) is 11.3 Å². The molecule has 1 aromatic rings. The van der Waals surface area contributed by atoms with E-state index in [1.54, 1.807) is 19.1 Å². The van der Waals surface area contributed by atoms with Gasteiger partial charge in [0.25, 0.3) is 0 Å². The van der Waals surface area contributed by atoms with Gasteiger partial charge in [0.2, 0.25) is 5.91 Å². The van der Waals surface area contributed by atoms with E-state index in [1.807, 2.05) is 24.3 Å². The van der Waals surface area contributed by atoms with Crippen LogP contribution >= 0.6 is 12.4 Å². The number of amides is 1. The third-order valence-corrected chi connectivity index (χ3v) is 3.16. The third kappa shape index (κ3) is 2.94. The largest absolute Gasteiger partial charge is 0.496 e. The number of methoxy groups -OCH3 is 1. The quantitative estimate of drug-likeness (QED) is 0.904. The minimum Gasteiger partial charge on any atom is -0.496 e. The lowest BCUT2D eigenvalue weighted by Crippen LogP contribution is -2.43. The minimum absolute atomic E-state index is 0. The van der Waals surface area contributed by atoms with Crippen molar-refractivity contribution in [3.63, 3.8) is 0 Å². The number of benzene rings is 1. The van der Waals surface area contributed by atoms with Gasteiger partial charge in [0.15, 0.2) is 0 Å². The van der Waals surface area contributed by atoms with E-state index in [0.717, 1.165) is 24.2 Å². The fourth-order valence-electron chi connectivity index (χ4n) is 1.89. The van der Waals surface area contributed by atoms with Crippen molar-refractivity contribution in [2.24, 2.45) is 5.73 Å². The number of ether oxygens (including phenoxy) is 1. The second-order valence-corrected chi connectivity index (χ2v) is 4.63. The number of hydrogen-bond acceptors (Lipinski definition) is 3. The molecule has 0 aliphatic heterocycles. The number of hydrogen-bond donors (Lipinski definition) is 1. The van der Waals surface area contributed by atoms with Crippen LogP contribution in [0.1, 0.15) is 18.4 Å². The molecule has 0 heterocycles. The molecule has 1 aliphatic rings. The highest BCUT2D eigenvalue weighted by molar-refractivity contribution is 5.88. The van der Waals surface area contributed by atoms with Gasteiger partial charge in [-0.1, -0.05) is 18.2 Å². The highest BCUT2D eigenvalue weighted by Gasteiger charge is 2.47. The van der Waals surface area contributed by atoms with Crippen molar-refractivity contribution in [3.8, 4) is 5.75 Å². The van der Waals surface area contributed by atoms with Crippen LogP contribution in [0, 0.1) is 0 Å². The smallest absolute Gasteiger partial charge is 0.242 e. The zero-order valence-corrected chi connectivity index (χ0v) is 11.5. The molecule has 100 valence electrons. The van der Waals surface area contributed by atoms with Gasteiger partial charge < -0.3 is 15.4 Å². The first-order valence-electron chi connectivity index (χ1n) is 5.73. The summed E-state index contributed by atoms with van der Waals surface area (Å²) in [4.78, 5) is 13.7. The van der Waals surface area contributed by atoms with E-state index in [-0.39, 0.29) is 18.3 Å². The predicted molar refractivity (Wildman–Crippen MR) is 72.9 cm³/mol. The number of halogens is 1. The molecule has 4 nitrogen and oxygen atoms in total. The summed E-state index contributed by atoms with van der Waals surface area (Å²) in [5.74, 6) is 0.817. The Kier molecular flexibility index (Phi) is 4.59. The molecule has 0 spiro atoms. The highest BCUT2D eigenvalue weighted by Crippen LogP contribution is 2.34. The van der Waals surface area contributed by atoms with Gasteiger partial charge in [0.05, 0.1) is 12.6 Å². The van der Waals surface area contributed by atoms with Gasteiger partial charge in [0.1, 0.15) is 5.75 Å². The van der Waals surface area contributed by atoms with Crippen LogP contribution in [0.3, 0.4) is 0 Å². The van der Waals surface area contributed by atoms with Crippen molar-refractivity contribution in [1.82, 2.24) is 4.90 Å². The highest BCUT2D eigenvalue weighted by atomic mass is 35.5. The van der Waals surface area contributed by atoms with Crippen molar-refractivity contribution in [3.05, 3.63) is 29.8 Å². The van der Waals surface area contributed by atoms with Crippen LogP contribution in [0.2, 0.25) is 0 Å². The van der Waals surface area contributed by atoms with Gasteiger partial charge in [-0.2, -0.15) is 0 Å². The average molecular weight is 271 g/mol. The molecule has 0 bridgehead atoms. The Morgan fingerprint density at radius 1 is 1.44 bits per heavy atom.